The molecule has 1 aromatic rings. The minimum Gasteiger partial charge on any atom is -0.293 e. The van der Waals surface area contributed by atoms with Gasteiger partial charge < -0.3 is 0 Å². The third-order valence-electron chi connectivity index (χ3n) is 3.67. The number of Topliss-reactive ketones (excluding diaryl/α,β-unsaturated/α-hetero) is 1. The van der Waals surface area contributed by atoms with Gasteiger partial charge in [0.25, 0.3) is 0 Å². The lowest BCUT2D eigenvalue weighted by molar-refractivity contribution is 0.0843. The van der Waals surface area contributed by atoms with Crippen LogP contribution in [0.1, 0.15) is 47.7 Å². The number of aryl methyl sites for hydroxylation is 1. The fourth-order valence-corrected chi connectivity index (χ4v) is 4.09. The van der Waals surface area contributed by atoms with E-state index in [1.54, 1.807) is 11.3 Å². The molecule has 0 aliphatic heterocycles. The highest BCUT2D eigenvalue weighted by molar-refractivity contribution is 9.10. The molecule has 1 heterocycles. The van der Waals surface area contributed by atoms with Gasteiger partial charge >= 0.3 is 0 Å². The zero-order valence-corrected chi connectivity index (χ0v) is 12.4. The van der Waals surface area contributed by atoms with Crippen LogP contribution in [0.4, 0.5) is 0 Å². The number of halogens is 1. The summed E-state index contributed by atoms with van der Waals surface area (Å²) >= 11 is 5.09. The molecule has 16 heavy (non-hydrogen) atoms. The van der Waals surface area contributed by atoms with Gasteiger partial charge in [0, 0.05) is 15.3 Å². The molecule has 0 N–H and O–H groups in total. The maximum Gasteiger partial charge on any atom is 0.176 e. The Morgan fingerprint density at radius 3 is 2.69 bits per heavy atom. The summed E-state index contributed by atoms with van der Waals surface area (Å²) in [6, 6.07) is 1.98. The average molecular weight is 301 g/mol. The second-order valence-electron chi connectivity index (χ2n) is 5.31. The zero-order chi connectivity index (χ0) is 11.9. The van der Waals surface area contributed by atoms with E-state index in [2.05, 4.69) is 29.8 Å². The Morgan fingerprint density at radius 2 is 2.25 bits per heavy atom. The molecule has 1 fully saturated rings. The van der Waals surface area contributed by atoms with E-state index in [1.807, 2.05) is 13.0 Å². The Balaban J connectivity index is 2.25. The van der Waals surface area contributed by atoms with Crippen molar-refractivity contribution in [2.45, 2.75) is 40.0 Å². The molecule has 1 aliphatic carbocycles. The van der Waals surface area contributed by atoms with Crippen LogP contribution in [-0.2, 0) is 0 Å². The number of carbonyl (C=O) groups is 1. The highest BCUT2D eigenvalue weighted by atomic mass is 79.9. The third-order valence-corrected chi connectivity index (χ3v) is 5.82. The van der Waals surface area contributed by atoms with E-state index >= 15 is 0 Å². The van der Waals surface area contributed by atoms with Crippen LogP contribution in [0, 0.1) is 18.3 Å². The molecule has 0 spiro atoms. The van der Waals surface area contributed by atoms with E-state index in [1.165, 1.54) is 17.7 Å². The van der Waals surface area contributed by atoms with E-state index in [0.29, 0.717) is 5.78 Å². The largest absolute Gasteiger partial charge is 0.293 e. The standard InChI is InChI=1S/C13H17BrOS/c1-8-10(14)7-11(16-8)12(15)9-5-4-6-13(9,2)3/h7,9H,4-6H2,1-3H3. The van der Waals surface area contributed by atoms with Crippen molar-refractivity contribution < 1.29 is 4.79 Å². The van der Waals surface area contributed by atoms with Crippen LogP contribution in [0.5, 0.6) is 0 Å². The first kappa shape index (κ1) is 12.3. The minimum atomic E-state index is 0.182. The summed E-state index contributed by atoms with van der Waals surface area (Å²) < 4.78 is 1.07. The number of rotatable bonds is 2. The van der Waals surface area contributed by atoms with Gasteiger partial charge in [-0.25, -0.2) is 0 Å². The third kappa shape index (κ3) is 2.12. The van der Waals surface area contributed by atoms with Gasteiger partial charge in [-0.2, -0.15) is 0 Å². The number of ketones is 1. The van der Waals surface area contributed by atoms with Crippen molar-refractivity contribution in [2.75, 3.05) is 0 Å². The van der Waals surface area contributed by atoms with E-state index in [4.69, 9.17) is 0 Å². The number of hydrogen-bond donors (Lipinski definition) is 0. The van der Waals surface area contributed by atoms with E-state index in [0.717, 1.165) is 15.8 Å². The first-order valence-corrected chi connectivity index (χ1v) is 7.33. The first-order chi connectivity index (χ1) is 7.42. The molecule has 1 nitrogen and oxygen atoms in total. The maximum absolute atomic E-state index is 12.4. The van der Waals surface area contributed by atoms with Gasteiger partial charge in [-0.05, 0) is 47.2 Å². The molecular weight excluding hydrogens is 284 g/mol. The molecule has 1 aromatic heterocycles. The van der Waals surface area contributed by atoms with Crippen molar-refractivity contribution >= 4 is 33.0 Å². The second kappa shape index (κ2) is 4.26. The molecular formula is C13H17BrOS. The Bertz CT molecular complexity index is 400. The van der Waals surface area contributed by atoms with Crippen LogP contribution < -0.4 is 0 Å². The molecule has 0 aromatic carbocycles. The normalized spacial score (nSPS) is 23.6. The first-order valence-electron chi connectivity index (χ1n) is 5.72. The summed E-state index contributed by atoms with van der Waals surface area (Å²) in [5, 5.41) is 0. The summed E-state index contributed by atoms with van der Waals surface area (Å²) in [6.45, 7) is 6.49. The van der Waals surface area contributed by atoms with Crippen molar-refractivity contribution in [1.82, 2.24) is 0 Å². The molecule has 1 unspecified atom stereocenters. The lowest BCUT2D eigenvalue weighted by Crippen LogP contribution is -2.25. The van der Waals surface area contributed by atoms with Gasteiger partial charge in [0.05, 0.1) is 4.88 Å². The molecule has 1 saturated carbocycles. The van der Waals surface area contributed by atoms with Gasteiger partial charge in [0.15, 0.2) is 5.78 Å². The highest BCUT2D eigenvalue weighted by Gasteiger charge is 2.39. The van der Waals surface area contributed by atoms with Crippen LogP contribution in [-0.4, -0.2) is 5.78 Å². The van der Waals surface area contributed by atoms with Gasteiger partial charge in [0.1, 0.15) is 0 Å². The summed E-state index contributed by atoms with van der Waals surface area (Å²) in [5.74, 6) is 0.568. The van der Waals surface area contributed by atoms with Crippen molar-refractivity contribution in [2.24, 2.45) is 11.3 Å². The molecule has 3 heteroatoms. The van der Waals surface area contributed by atoms with Crippen molar-refractivity contribution in [3.05, 3.63) is 20.3 Å². The molecule has 1 atom stereocenters. The lowest BCUT2D eigenvalue weighted by atomic mass is 9.79. The molecule has 0 amide bonds. The summed E-state index contributed by atoms with van der Waals surface area (Å²) in [5.41, 5.74) is 0.182. The SMILES string of the molecule is Cc1sc(C(=O)C2CCCC2(C)C)cc1Br. The van der Waals surface area contributed by atoms with E-state index < -0.39 is 0 Å². The molecule has 1 aliphatic rings. The van der Waals surface area contributed by atoms with Gasteiger partial charge in [-0.15, -0.1) is 11.3 Å². The van der Waals surface area contributed by atoms with Crippen molar-refractivity contribution in [3.8, 4) is 0 Å². The Kier molecular flexibility index (Phi) is 3.28. The molecule has 0 bridgehead atoms. The lowest BCUT2D eigenvalue weighted by Gasteiger charge is -2.25. The summed E-state index contributed by atoms with van der Waals surface area (Å²) in [4.78, 5) is 14.5. The Morgan fingerprint density at radius 1 is 1.56 bits per heavy atom. The van der Waals surface area contributed by atoms with E-state index in [9.17, 15) is 4.79 Å². The maximum atomic E-state index is 12.4. The predicted octanol–water partition coefficient (Wildman–Crippen LogP) is 4.83. The fourth-order valence-electron chi connectivity index (χ4n) is 2.57. The Hall–Kier alpha value is -0.150. The van der Waals surface area contributed by atoms with Crippen molar-refractivity contribution in [3.63, 3.8) is 0 Å². The quantitative estimate of drug-likeness (QED) is 0.715. The fraction of sp³-hybridized carbons (Fsp3) is 0.615. The van der Waals surface area contributed by atoms with Crippen LogP contribution >= 0.6 is 27.3 Å². The molecule has 0 saturated heterocycles. The van der Waals surface area contributed by atoms with E-state index in [-0.39, 0.29) is 11.3 Å². The average Bonchev–Trinajstić information content (AvgIpc) is 2.70. The number of carbonyl (C=O) groups excluding carboxylic acids is 1. The monoisotopic (exact) mass is 300 g/mol. The van der Waals surface area contributed by atoms with Crippen LogP contribution in [0.15, 0.2) is 10.5 Å². The smallest absolute Gasteiger partial charge is 0.176 e. The minimum absolute atomic E-state index is 0.182. The second-order valence-corrected chi connectivity index (χ2v) is 7.42. The highest BCUT2D eigenvalue weighted by Crippen LogP contribution is 2.45. The molecule has 0 radical (unpaired) electrons. The Labute approximate surface area is 109 Å². The van der Waals surface area contributed by atoms with Crippen molar-refractivity contribution in [1.29, 1.82) is 0 Å². The summed E-state index contributed by atoms with van der Waals surface area (Å²) in [6.07, 6.45) is 3.42. The molecule has 88 valence electrons. The predicted molar refractivity (Wildman–Crippen MR) is 72.2 cm³/mol. The summed E-state index contributed by atoms with van der Waals surface area (Å²) in [7, 11) is 0. The number of hydrogen-bond acceptors (Lipinski definition) is 2. The van der Waals surface area contributed by atoms with Gasteiger partial charge in [-0.3, -0.25) is 4.79 Å². The topological polar surface area (TPSA) is 17.1 Å². The van der Waals surface area contributed by atoms with Crippen LogP contribution in [0.3, 0.4) is 0 Å². The molecule has 2 rings (SSSR count). The van der Waals surface area contributed by atoms with Gasteiger partial charge in [0.2, 0.25) is 0 Å². The number of thiophene rings is 1. The van der Waals surface area contributed by atoms with Gasteiger partial charge in [-0.1, -0.05) is 20.3 Å². The van der Waals surface area contributed by atoms with Crippen LogP contribution in [0.2, 0.25) is 0 Å². The zero-order valence-electron chi connectivity index (χ0n) is 9.97. The van der Waals surface area contributed by atoms with Crippen LogP contribution in [0.25, 0.3) is 0 Å².